The Balaban J connectivity index is 1.20. The predicted octanol–water partition coefficient (Wildman–Crippen LogP) is 5.08. The van der Waals surface area contributed by atoms with Crippen LogP contribution in [-0.4, -0.2) is 63.4 Å². The van der Waals surface area contributed by atoms with Gasteiger partial charge in [0.1, 0.15) is 0 Å². The largest absolute Gasteiger partial charge is 0.326 e. The number of hydrogen-bond donors (Lipinski definition) is 2. The zero-order valence-corrected chi connectivity index (χ0v) is 23.0. The maximum Gasteiger partial charge on any atom is 0.229 e. The third-order valence-electron chi connectivity index (χ3n) is 8.14. The summed E-state index contributed by atoms with van der Waals surface area (Å²) in [5.41, 5.74) is 6.93. The Labute approximate surface area is 235 Å². The average molecular weight is 534 g/mol. The van der Waals surface area contributed by atoms with Crippen LogP contribution in [0.1, 0.15) is 29.7 Å². The molecule has 2 unspecified atom stereocenters. The molecule has 204 valence electrons. The van der Waals surface area contributed by atoms with E-state index in [1.165, 1.54) is 11.1 Å². The first-order valence-corrected chi connectivity index (χ1v) is 14.0. The van der Waals surface area contributed by atoms with Crippen LogP contribution in [0.3, 0.4) is 0 Å². The van der Waals surface area contributed by atoms with Crippen LogP contribution in [0.5, 0.6) is 0 Å². The lowest BCUT2D eigenvalue weighted by atomic mass is 9.96. The number of piperazine rings is 1. The minimum atomic E-state index is -0.136. The van der Waals surface area contributed by atoms with Crippen LogP contribution in [0, 0.1) is 12.8 Å². The molecule has 0 radical (unpaired) electrons. The second-order valence-corrected chi connectivity index (χ2v) is 10.6. The number of benzene rings is 2. The minimum Gasteiger partial charge on any atom is -0.326 e. The Morgan fingerprint density at radius 2 is 1.85 bits per heavy atom. The summed E-state index contributed by atoms with van der Waals surface area (Å²) in [5, 5.41) is 6.58. The molecule has 1 aliphatic carbocycles. The van der Waals surface area contributed by atoms with E-state index in [4.69, 9.17) is 0 Å². The van der Waals surface area contributed by atoms with Gasteiger partial charge in [0, 0.05) is 67.7 Å². The van der Waals surface area contributed by atoms with Gasteiger partial charge in [-0.2, -0.15) is 0 Å². The number of carbonyl (C=O) groups excluding carboxylic acids is 1. The summed E-state index contributed by atoms with van der Waals surface area (Å²) in [4.78, 5) is 32.1. The first-order chi connectivity index (χ1) is 19.6. The van der Waals surface area contributed by atoms with Gasteiger partial charge in [-0.05, 0) is 66.9 Å². The quantitative estimate of drug-likeness (QED) is 0.343. The number of fused-ring (bicyclic) bond motifs is 1. The number of aromatic nitrogens is 3. The Morgan fingerprint density at radius 1 is 1.00 bits per heavy atom. The smallest absolute Gasteiger partial charge is 0.229 e. The van der Waals surface area contributed by atoms with E-state index in [2.05, 4.69) is 66.6 Å². The molecule has 2 atom stereocenters. The molecule has 8 heteroatoms. The molecule has 2 aromatic heterocycles. The molecule has 2 aliphatic rings. The van der Waals surface area contributed by atoms with Crippen molar-refractivity contribution < 1.29 is 4.79 Å². The van der Waals surface area contributed by atoms with Crippen molar-refractivity contribution in [1.29, 1.82) is 0 Å². The Kier molecular flexibility index (Phi) is 7.53. The number of nitrogens with one attached hydrogen (secondary N) is 2. The molecule has 4 aromatic rings. The standard InChI is InChI=1S/C32H35N7O/c1-3-38-15-17-39(18-16-38)30-26-9-5-4-7-23(26)19-27(30)31(40)35-25-11-10-22(2)29(20-25)37-32-34-14-12-28(36-32)24-8-6-13-33-21-24/h4-14,20-21,27,30H,3,15-19H2,1-2H3,(H,35,40)(H,34,36,37). The van der Waals surface area contributed by atoms with Gasteiger partial charge in [0.05, 0.1) is 11.6 Å². The van der Waals surface area contributed by atoms with Crippen molar-refractivity contribution >= 4 is 23.2 Å². The predicted molar refractivity (Wildman–Crippen MR) is 158 cm³/mol. The van der Waals surface area contributed by atoms with Crippen LogP contribution < -0.4 is 10.6 Å². The van der Waals surface area contributed by atoms with Gasteiger partial charge in [-0.1, -0.05) is 37.3 Å². The van der Waals surface area contributed by atoms with Gasteiger partial charge in [0.25, 0.3) is 0 Å². The molecule has 1 saturated heterocycles. The van der Waals surface area contributed by atoms with Gasteiger partial charge in [-0.3, -0.25) is 14.7 Å². The van der Waals surface area contributed by atoms with Crippen molar-refractivity contribution in [1.82, 2.24) is 24.8 Å². The zero-order valence-electron chi connectivity index (χ0n) is 23.0. The minimum absolute atomic E-state index is 0.0590. The van der Waals surface area contributed by atoms with Gasteiger partial charge in [-0.25, -0.2) is 9.97 Å². The van der Waals surface area contributed by atoms with Crippen LogP contribution in [-0.2, 0) is 11.2 Å². The number of nitrogens with zero attached hydrogens (tertiary/aromatic N) is 5. The Hall–Kier alpha value is -4.14. The second kappa shape index (κ2) is 11.5. The molecule has 2 N–H and O–H groups in total. The maximum absolute atomic E-state index is 13.8. The van der Waals surface area contributed by atoms with Gasteiger partial charge in [-0.15, -0.1) is 0 Å². The van der Waals surface area contributed by atoms with Gasteiger partial charge < -0.3 is 15.5 Å². The molecule has 0 bridgehead atoms. The molecule has 40 heavy (non-hydrogen) atoms. The highest BCUT2D eigenvalue weighted by molar-refractivity contribution is 5.94. The number of hydrogen-bond acceptors (Lipinski definition) is 7. The highest BCUT2D eigenvalue weighted by Crippen LogP contribution is 2.41. The van der Waals surface area contributed by atoms with Crippen LogP contribution in [0.2, 0.25) is 0 Å². The summed E-state index contributed by atoms with van der Waals surface area (Å²) >= 11 is 0. The van der Waals surface area contributed by atoms with Crippen LogP contribution in [0.15, 0.2) is 79.3 Å². The first-order valence-electron chi connectivity index (χ1n) is 14.0. The second-order valence-electron chi connectivity index (χ2n) is 10.6. The SMILES string of the molecule is CCN1CCN(C2c3ccccc3CC2C(=O)Nc2ccc(C)c(Nc3nccc(-c4cccnc4)n3)c2)CC1. The lowest BCUT2D eigenvalue weighted by Crippen LogP contribution is -2.49. The molecular formula is C32H35N7O. The van der Waals surface area contributed by atoms with Crippen molar-refractivity contribution in [3.05, 3.63) is 95.9 Å². The van der Waals surface area contributed by atoms with E-state index < -0.39 is 0 Å². The molecule has 0 spiro atoms. The van der Waals surface area contributed by atoms with Crippen molar-refractivity contribution in [3.8, 4) is 11.3 Å². The van der Waals surface area contributed by atoms with E-state index in [0.717, 1.165) is 67.3 Å². The van der Waals surface area contributed by atoms with Crippen LogP contribution in [0.25, 0.3) is 11.3 Å². The zero-order chi connectivity index (χ0) is 27.5. The van der Waals surface area contributed by atoms with Crippen molar-refractivity contribution in [2.45, 2.75) is 26.3 Å². The van der Waals surface area contributed by atoms with Gasteiger partial charge >= 0.3 is 0 Å². The normalized spacial score (nSPS) is 19.2. The third-order valence-corrected chi connectivity index (χ3v) is 8.14. The number of aryl methyl sites for hydroxylation is 1. The molecule has 8 nitrogen and oxygen atoms in total. The number of amides is 1. The molecule has 1 aliphatic heterocycles. The summed E-state index contributed by atoms with van der Waals surface area (Å²) in [6.07, 6.45) is 6.02. The van der Waals surface area contributed by atoms with Crippen LogP contribution >= 0.6 is 0 Å². The van der Waals surface area contributed by atoms with E-state index >= 15 is 0 Å². The summed E-state index contributed by atoms with van der Waals surface area (Å²) in [6.45, 7) is 9.35. The van der Waals surface area contributed by atoms with Crippen molar-refractivity contribution in [3.63, 3.8) is 0 Å². The molecule has 3 heterocycles. The fraction of sp³-hybridized carbons (Fsp3) is 0.312. The number of rotatable bonds is 7. The van der Waals surface area contributed by atoms with E-state index in [-0.39, 0.29) is 17.9 Å². The molecule has 1 amide bonds. The number of pyridine rings is 1. The fourth-order valence-corrected chi connectivity index (χ4v) is 5.90. The summed E-state index contributed by atoms with van der Waals surface area (Å²) in [5.74, 6) is 0.414. The Bertz CT molecular complexity index is 1480. The summed E-state index contributed by atoms with van der Waals surface area (Å²) in [7, 11) is 0. The van der Waals surface area contributed by atoms with Gasteiger partial charge in [0.2, 0.25) is 11.9 Å². The maximum atomic E-state index is 13.8. The Morgan fingerprint density at radius 3 is 2.65 bits per heavy atom. The molecule has 1 fully saturated rings. The van der Waals surface area contributed by atoms with E-state index in [1.807, 2.05) is 43.3 Å². The van der Waals surface area contributed by atoms with Gasteiger partial charge in [0.15, 0.2) is 0 Å². The lowest BCUT2D eigenvalue weighted by molar-refractivity contribution is -0.122. The molecule has 6 rings (SSSR count). The summed E-state index contributed by atoms with van der Waals surface area (Å²) < 4.78 is 0. The van der Waals surface area contributed by atoms with Crippen LogP contribution in [0.4, 0.5) is 17.3 Å². The molecule has 0 saturated carbocycles. The van der Waals surface area contributed by atoms with Crippen molar-refractivity contribution in [2.75, 3.05) is 43.4 Å². The van der Waals surface area contributed by atoms with E-state index in [9.17, 15) is 4.79 Å². The highest BCUT2D eigenvalue weighted by Gasteiger charge is 2.41. The number of likely N-dealkylation sites (N-methyl/N-ethyl adjacent to an activating group) is 1. The monoisotopic (exact) mass is 533 g/mol. The van der Waals surface area contributed by atoms with Crippen molar-refractivity contribution in [2.24, 2.45) is 5.92 Å². The van der Waals surface area contributed by atoms with E-state index in [1.54, 1.807) is 18.6 Å². The first kappa shape index (κ1) is 26.1. The van der Waals surface area contributed by atoms with E-state index in [0.29, 0.717) is 5.95 Å². The molecular weight excluding hydrogens is 498 g/mol. The fourth-order valence-electron chi connectivity index (χ4n) is 5.90. The lowest BCUT2D eigenvalue weighted by Gasteiger charge is -2.39. The highest BCUT2D eigenvalue weighted by atomic mass is 16.2. The number of anilines is 3. The summed E-state index contributed by atoms with van der Waals surface area (Å²) in [6, 6.07) is 20.3. The topological polar surface area (TPSA) is 86.3 Å². The average Bonchev–Trinajstić information content (AvgIpc) is 3.39. The third kappa shape index (κ3) is 5.46. The molecule has 2 aromatic carbocycles. The number of carbonyl (C=O) groups is 1.